The number of hydrogen-bond donors (Lipinski definition) is 0. The Balaban J connectivity index is 0.00000320. The number of aromatic nitrogens is 1. The topological polar surface area (TPSA) is 13.1 Å². The molecule has 0 saturated carbocycles. The molecular formula is C21H16F6INO. The van der Waals surface area contributed by atoms with Crippen molar-refractivity contribution in [2.75, 3.05) is 7.11 Å². The SMILES string of the molecule is COc1ccc2c(C=Cc3ccc(C(F)(F)F)cc3)[n+](C)cc(C(F)(F)F)c2c1.[I-]. The van der Waals surface area contributed by atoms with Gasteiger partial charge in [-0.3, -0.25) is 0 Å². The lowest BCUT2D eigenvalue weighted by Crippen LogP contribution is -3.00. The number of pyridine rings is 1. The highest BCUT2D eigenvalue weighted by molar-refractivity contribution is 5.93. The molecule has 1 aromatic heterocycles. The van der Waals surface area contributed by atoms with Crippen LogP contribution in [-0.2, 0) is 19.4 Å². The minimum absolute atomic E-state index is 0. The summed E-state index contributed by atoms with van der Waals surface area (Å²) in [4.78, 5) is 0. The van der Waals surface area contributed by atoms with E-state index in [1.807, 2.05) is 0 Å². The van der Waals surface area contributed by atoms with Crippen LogP contribution in [-0.4, -0.2) is 7.11 Å². The van der Waals surface area contributed by atoms with Crippen LogP contribution in [0.1, 0.15) is 22.4 Å². The highest BCUT2D eigenvalue weighted by atomic mass is 127. The molecule has 30 heavy (non-hydrogen) atoms. The standard InChI is InChI=1S/C21H16F6NO.HI/c1-28-12-18(21(25,26)27)17-11-15(29-2)8-9-16(17)19(28)10-5-13-3-6-14(7-4-13)20(22,23)24;/h3-12H,1-2H3;1H/q+1;/p-1. The molecule has 2 aromatic carbocycles. The lowest BCUT2D eigenvalue weighted by Gasteiger charge is -2.12. The van der Waals surface area contributed by atoms with Crippen LogP contribution in [0.15, 0.2) is 48.7 Å². The molecule has 0 amide bonds. The van der Waals surface area contributed by atoms with Gasteiger partial charge in [-0.25, -0.2) is 4.57 Å². The van der Waals surface area contributed by atoms with E-state index < -0.39 is 23.5 Å². The van der Waals surface area contributed by atoms with Crippen molar-refractivity contribution in [3.8, 4) is 5.75 Å². The van der Waals surface area contributed by atoms with Crippen molar-refractivity contribution < 1.29 is 59.6 Å². The molecule has 0 aliphatic carbocycles. The Hall–Kier alpha value is -2.30. The average molecular weight is 539 g/mol. The first-order chi connectivity index (χ1) is 13.5. The number of methoxy groups -OCH3 is 1. The van der Waals surface area contributed by atoms with Crippen molar-refractivity contribution in [3.05, 3.63) is 71.0 Å². The van der Waals surface area contributed by atoms with Crippen LogP contribution in [0.2, 0.25) is 0 Å². The van der Waals surface area contributed by atoms with E-state index in [1.165, 1.54) is 43.0 Å². The van der Waals surface area contributed by atoms with Crippen molar-refractivity contribution in [2.45, 2.75) is 12.4 Å². The Morgan fingerprint density at radius 1 is 0.833 bits per heavy atom. The Labute approximate surface area is 185 Å². The third kappa shape index (κ3) is 5.05. The van der Waals surface area contributed by atoms with E-state index in [-0.39, 0.29) is 35.1 Å². The van der Waals surface area contributed by atoms with Gasteiger partial charge in [0, 0.05) is 11.5 Å². The highest BCUT2D eigenvalue weighted by Gasteiger charge is 2.36. The second kappa shape index (κ2) is 8.83. The summed E-state index contributed by atoms with van der Waals surface area (Å²) in [7, 11) is 2.84. The van der Waals surface area contributed by atoms with Crippen LogP contribution in [0, 0.1) is 0 Å². The molecule has 1 heterocycles. The van der Waals surface area contributed by atoms with Crippen LogP contribution in [0.3, 0.4) is 0 Å². The molecule has 2 nitrogen and oxygen atoms in total. The van der Waals surface area contributed by atoms with Gasteiger partial charge < -0.3 is 28.7 Å². The zero-order valence-corrected chi connectivity index (χ0v) is 17.9. The zero-order chi connectivity index (χ0) is 21.4. The summed E-state index contributed by atoms with van der Waals surface area (Å²) in [5.74, 6) is 0.287. The zero-order valence-electron chi connectivity index (χ0n) is 15.8. The van der Waals surface area contributed by atoms with Crippen molar-refractivity contribution in [1.82, 2.24) is 0 Å². The van der Waals surface area contributed by atoms with Gasteiger partial charge >= 0.3 is 12.4 Å². The van der Waals surface area contributed by atoms with Crippen LogP contribution in [0.5, 0.6) is 5.75 Å². The predicted octanol–water partition coefficient (Wildman–Crippen LogP) is 2.88. The smallest absolute Gasteiger partial charge is 0.422 e. The molecule has 0 radical (unpaired) electrons. The van der Waals surface area contributed by atoms with Crippen LogP contribution in [0.4, 0.5) is 26.3 Å². The van der Waals surface area contributed by atoms with Gasteiger partial charge in [-0.2, -0.15) is 26.3 Å². The number of fused-ring (bicyclic) bond motifs is 1. The van der Waals surface area contributed by atoms with Gasteiger partial charge in [-0.15, -0.1) is 0 Å². The first-order valence-corrected chi connectivity index (χ1v) is 8.43. The monoisotopic (exact) mass is 539 g/mol. The molecule has 0 saturated heterocycles. The van der Waals surface area contributed by atoms with Gasteiger partial charge in [0.2, 0.25) is 5.69 Å². The van der Waals surface area contributed by atoms with Gasteiger partial charge in [0.25, 0.3) is 0 Å². The third-order valence-electron chi connectivity index (χ3n) is 4.47. The highest BCUT2D eigenvalue weighted by Crippen LogP contribution is 2.36. The molecular weight excluding hydrogens is 523 g/mol. The Bertz CT molecular complexity index is 1070. The fourth-order valence-corrected chi connectivity index (χ4v) is 3.01. The second-order valence-electron chi connectivity index (χ2n) is 6.40. The maximum Gasteiger partial charge on any atom is 0.422 e. The van der Waals surface area contributed by atoms with Crippen LogP contribution >= 0.6 is 0 Å². The maximum absolute atomic E-state index is 13.5. The Kier molecular flexibility index (Phi) is 7.05. The van der Waals surface area contributed by atoms with Gasteiger partial charge in [-0.05, 0) is 42.0 Å². The van der Waals surface area contributed by atoms with Crippen molar-refractivity contribution in [1.29, 1.82) is 0 Å². The summed E-state index contributed by atoms with van der Waals surface area (Å²) >= 11 is 0. The van der Waals surface area contributed by atoms with Crippen LogP contribution < -0.4 is 33.3 Å². The first-order valence-electron chi connectivity index (χ1n) is 8.43. The molecule has 0 N–H and O–H groups in total. The second-order valence-corrected chi connectivity index (χ2v) is 6.40. The number of aryl methyl sites for hydroxylation is 1. The Morgan fingerprint density at radius 2 is 1.47 bits per heavy atom. The van der Waals surface area contributed by atoms with E-state index in [9.17, 15) is 26.3 Å². The number of rotatable bonds is 3. The predicted molar refractivity (Wildman–Crippen MR) is 97.1 cm³/mol. The van der Waals surface area contributed by atoms with E-state index in [1.54, 1.807) is 18.2 Å². The molecule has 0 aliphatic rings. The molecule has 0 bridgehead atoms. The molecule has 0 unspecified atom stereocenters. The molecule has 0 spiro atoms. The van der Waals surface area contributed by atoms with Gasteiger partial charge in [0.15, 0.2) is 6.20 Å². The number of nitrogens with zero attached hydrogens (tertiary/aromatic N) is 1. The van der Waals surface area contributed by atoms with E-state index >= 15 is 0 Å². The molecule has 0 fully saturated rings. The van der Waals surface area contributed by atoms with Gasteiger partial charge in [-0.1, -0.05) is 12.1 Å². The van der Waals surface area contributed by atoms with E-state index in [4.69, 9.17) is 4.74 Å². The van der Waals surface area contributed by atoms with E-state index in [2.05, 4.69) is 0 Å². The molecule has 0 atom stereocenters. The largest absolute Gasteiger partial charge is 1.00 e. The third-order valence-corrected chi connectivity index (χ3v) is 4.47. The molecule has 3 rings (SSSR count). The number of halogens is 7. The van der Waals surface area contributed by atoms with Crippen molar-refractivity contribution in [2.24, 2.45) is 7.05 Å². The fraction of sp³-hybridized carbons (Fsp3) is 0.190. The maximum atomic E-state index is 13.5. The summed E-state index contributed by atoms with van der Waals surface area (Å²) in [5.41, 5.74) is -0.622. The minimum Gasteiger partial charge on any atom is -1.00 e. The number of hydrogen-bond acceptors (Lipinski definition) is 1. The van der Waals surface area contributed by atoms with E-state index in [0.29, 0.717) is 16.6 Å². The number of ether oxygens (including phenoxy) is 1. The van der Waals surface area contributed by atoms with Gasteiger partial charge in [0.05, 0.1) is 18.1 Å². The van der Waals surface area contributed by atoms with E-state index in [0.717, 1.165) is 18.3 Å². The lowest BCUT2D eigenvalue weighted by molar-refractivity contribution is -0.672. The normalized spacial score (nSPS) is 12.3. The van der Waals surface area contributed by atoms with Crippen molar-refractivity contribution >= 4 is 22.9 Å². The summed E-state index contributed by atoms with van der Waals surface area (Å²) in [6.07, 6.45) is -4.90. The number of benzene rings is 2. The van der Waals surface area contributed by atoms with Gasteiger partial charge in [0.1, 0.15) is 18.4 Å². The van der Waals surface area contributed by atoms with Crippen molar-refractivity contribution in [3.63, 3.8) is 0 Å². The Morgan fingerprint density at radius 3 is 2.00 bits per heavy atom. The quantitative estimate of drug-likeness (QED) is 0.284. The molecule has 3 aromatic rings. The fourth-order valence-electron chi connectivity index (χ4n) is 3.01. The average Bonchev–Trinajstić information content (AvgIpc) is 2.65. The summed E-state index contributed by atoms with van der Waals surface area (Å²) in [5, 5.41) is 0.313. The minimum atomic E-state index is -4.56. The molecule has 0 aliphatic heterocycles. The summed E-state index contributed by atoms with van der Waals surface area (Å²) in [6, 6.07) is 8.90. The number of alkyl halides is 6. The molecule has 160 valence electrons. The van der Waals surface area contributed by atoms with Crippen LogP contribution in [0.25, 0.3) is 22.9 Å². The summed E-state index contributed by atoms with van der Waals surface area (Å²) < 4.78 is 84.8. The lowest BCUT2D eigenvalue weighted by atomic mass is 10.0. The molecule has 9 heteroatoms. The first kappa shape index (κ1) is 24.0. The summed E-state index contributed by atoms with van der Waals surface area (Å²) in [6.45, 7) is 0.